The third kappa shape index (κ3) is 2.81. The summed E-state index contributed by atoms with van der Waals surface area (Å²) >= 11 is 6.53. The molecule has 140 valence electrons. The summed E-state index contributed by atoms with van der Waals surface area (Å²) in [4.78, 5) is 14.1. The molecule has 3 aromatic heterocycles. The zero-order valence-corrected chi connectivity index (χ0v) is 16.2. The molecule has 2 N–H and O–H groups in total. The van der Waals surface area contributed by atoms with Crippen molar-refractivity contribution in [2.45, 2.75) is 25.2 Å². The van der Waals surface area contributed by atoms with Crippen LogP contribution in [0.2, 0.25) is 5.02 Å². The lowest BCUT2D eigenvalue weighted by Gasteiger charge is -2.26. The van der Waals surface area contributed by atoms with E-state index in [1.807, 2.05) is 43.6 Å². The van der Waals surface area contributed by atoms with Gasteiger partial charge in [-0.15, -0.1) is 0 Å². The average Bonchev–Trinajstić information content (AvgIpc) is 3.08. The number of hydrogen-bond donors (Lipinski definition) is 1. The molecule has 0 spiro atoms. The molecule has 1 aliphatic rings. The fourth-order valence-electron chi connectivity index (χ4n) is 3.65. The Labute approximate surface area is 167 Å². The summed E-state index contributed by atoms with van der Waals surface area (Å²) in [6.45, 7) is 0. The summed E-state index contributed by atoms with van der Waals surface area (Å²) in [7, 11) is 1.88. The number of aromatic nitrogens is 5. The zero-order chi connectivity index (χ0) is 19.3. The monoisotopic (exact) mass is 390 g/mol. The Morgan fingerprint density at radius 2 is 2.00 bits per heavy atom. The summed E-state index contributed by atoms with van der Waals surface area (Å²) < 4.78 is 1.74. The molecule has 1 saturated carbocycles. The second-order valence-corrected chi connectivity index (χ2v) is 7.63. The third-order valence-electron chi connectivity index (χ3n) is 5.33. The topological polar surface area (TPSA) is 82.5 Å². The van der Waals surface area contributed by atoms with Gasteiger partial charge < -0.3 is 5.73 Å². The maximum Gasteiger partial charge on any atom is 0.146 e. The lowest BCUT2D eigenvalue weighted by molar-refractivity contribution is 0.412. The number of benzene rings is 1. The van der Waals surface area contributed by atoms with Crippen molar-refractivity contribution in [2.75, 3.05) is 5.73 Å². The fourth-order valence-corrected chi connectivity index (χ4v) is 3.92. The van der Waals surface area contributed by atoms with Crippen molar-refractivity contribution < 1.29 is 0 Å². The summed E-state index contributed by atoms with van der Waals surface area (Å²) in [6, 6.07) is 9.76. The second-order valence-electron chi connectivity index (χ2n) is 7.23. The summed E-state index contributed by atoms with van der Waals surface area (Å²) in [6.07, 6.45) is 7.03. The van der Waals surface area contributed by atoms with E-state index in [2.05, 4.69) is 10.1 Å². The molecule has 4 aromatic rings. The Morgan fingerprint density at radius 1 is 1.14 bits per heavy atom. The van der Waals surface area contributed by atoms with Gasteiger partial charge in [-0.3, -0.25) is 9.67 Å². The Balaban J connectivity index is 1.76. The number of nitrogens with two attached hydrogens (primary N) is 1. The minimum absolute atomic E-state index is 0.377. The number of anilines is 1. The molecule has 0 aliphatic heterocycles. The first kappa shape index (κ1) is 17.1. The molecular formula is C21H19ClN6. The molecule has 28 heavy (non-hydrogen) atoms. The molecule has 7 heteroatoms. The van der Waals surface area contributed by atoms with Crippen LogP contribution in [0.5, 0.6) is 0 Å². The van der Waals surface area contributed by atoms with Crippen LogP contribution in [0.4, 0.5) is 5.82 Å². The molecule has 1 aromatic carbocycles. The molecule has 0 amide bonds. The van der Waals surface area contributed by atoms with E-state index in [9.17, 15) is 0 Å². The van der Waals surface area contributed by atoms with Crippen LogP contribution in [-0.4, -0.2) is 24.7 Å². The van der Waals surface area contributed by atoms with Gasteiger partial charge in [-0.25, -0.2) is 9.97 Å². The molecule has 3 heterocycles. The van der Waals surface area contributed by atoms with Gasteiger partial charge in [-0.1, -0.05) is 24.1 Å². The first-order chi connectivity index (χ1) is 13.6. The Bertz CT molecular complexity index is 1190. The Kier molecular flexibility index (Phi) is 4.02. The highest BCUT2D eigenvalue weighted by molar-refractivity contribution is 6.35. The summed E-state index contributed by atoms with van der Waals surface area (Å²) in [5.74, 6) is 0.865. The van der Waals surface area contributed by atoms with Gasteiger partial charge in [0, 0.05) is 36.3 Å². The molecule has 6 nitrogen and oxygen atoms in total. The van der Waals surface area contributed by atoms with Gasteiger partial charge in [0.15, 0.2) is 0 Å². The van der Waals surface area contributed by atoms with E-state index in [0.29, 0.717) is 22.5 Å². The van der Waals surface area contributed by atoms with Crippen LogP contribution in [0.25, 0.3) is 33.5 Å². The van der Waals surface area contributed by atoms with Crippen molar-refractivity contribution in [1.29, 1.82) is 0 Å². The lowest BCUT2D eigenvalue weighted by Crippen LogP contribution is -2.15. The third-order valence-corrected chi connectivity index (χ3v) is 5.62. The normalized spacial score (nSPS) is 14.4. The standard InChI is InChI=1S/C21H19ClN6/c1-28-9-7-16(27-28)20-18(25-19(21(23)26-20)12-4-2-5-12)14-10-13-6-3-8-24-17(13)15(22)11-14/h3,6-12H,2,4-5H2,1H3,(H2,23,26). The Morgan fingerprint density at radius 3 is 2.71 bits per heavy atom. The van der Waals surface area contributed by atoms with Crippen molar-refractivity contribution in [3.05, 3.63) is 53.4 Å². The van der Waals surface area contributed by atoms with Crippen molar-refractivity contribution in [2.24, 2.45) is 7.05 Å². The maximum absolute atomic E-state index is 6.53. The van der Waals surface area contributed by atoms with E-state index >= 15 is 0 Å². The number of nitrogens with zero attached hydrogens (tertiary/aromatic N) is 5. The van der Waals surface area contributed by atoms with Crippen LogP contribution in [0, 0.1) is 0 Å². The molecule has 0 atom stereocenters. The van der Waals surface area contributed by atoms with Crippen LogP contribution in [-0.2, 0) is 7.05 Å². The molecule has 0 bridgehead atoms. The molecule has 1 fully saturated rings. The van der Waals surface area contributed by atoms with E-state index in [1.165, 1.54) is 6.42 Å². The number of hydrogen-bond acceptors (Lipinski definition) is 5. The van der Waals surface area contributed by atoms with Gasteiger partial charge in [0.05, 0.1) is 21.9 Å². The highest BCUT2D eigenvalue weighted by atomic mass is 35.5. The number of rotatable bonds is 3. The van der Waals surface area contributed by atoms with Crippen molar-refractivity contribution in [1.82, 2.24) is 24.7 Å². The number of nitrogen functional groups attached to an aromatic ring is 1. The predicted octanol–water partition coefficient (Wildman–Crippen LogP) is 4.60. The van der Waals surface area contributed by atoms with E-state index in [0.717, 1.165) is 46.4 Å². The van der Waals surface area contributed by atoms with Crippen LogP contribution >= 0.6 is 11.6 Å². The highest BCUT2D eigenvalue weighted by Gasteiger charge is 2.27. The van der Waals surface area contributed by atoms with Gasteiger partial charge in [-0.05, 0) is 37.1 Å². The molecule has 0 radical (unpaired) electrons. The Hall–Kier alpha value is -2.99. The minimum Gasteiger partial charge on any atom is -0.382 e. The second kappa shape index (κ2) is 6.56. The van der Waals surface area contributed by atoms with Gasteiger partial charge in [0.2, 0.25) is 0 Å². The molecule has 0 saturated heterocycles. The smallest absolute Gasteiger partial charge is 0.146 e. The van der Waals surface area contributed by atoms with Crippen LogP contribution in [0.15, 0.2) is 42.7 Å². The van der Waals surface area contributed by atoms with Crippen molar-refractivity contribution in [3.63, 3.8) is 0 Å². The summed E-state index contributed by atoms with van der Waals surface area (Å²) in [5, 5.41) is 6.06. The molecular weight excluding hydrogens is 372 g/mol. The van der Waals surface area contributed by atoms with Gasteiger partial charge in [0.25, 0.3) is 0 Å². The number of aryl methyl sites for hydroxylation is 1. The SMILES string of the molecule is Cn1ccc(-c2nc(N)c(C3CCC3)nc2-c2cc(Cl)c3ncccc3c2)n1. The zero-order valence-electron chi connectivity index (χ0n) is 15.4. The lowest BCUT2D eigenvalue weighted by atomic mass is 9.82. The van der Waals surface area contributed by atoms with Gasteiger partial charge in [-0.2, -0.15) is 5.10 Å². The van der Waals surface area contributed by atoms with E-state index in [4.69, 9.17) is 27.3 Å². The number of halogens is 1. The minimum atomic E-state index is 0.377. The van der Waals surface area contributed by atoms with Gasteiger partial charge in [0.1, 0.15) is 17.2 Å². The maximum atomic E-state index is 6.53. The first-order valence-electron chi connectivity index (χ1n) is 9.32. The number of pyridine rings is 1. The highest BCUT2D eigenvalue weighted by Crippen LogP contribution is 2.41. The van der Waals surface area contributed by atoms with Crippen molar-refractivity contribution in [3.8, 4) is 22.6 Å². The van der Waals surface area contributed by atoms with Crippen LogP contribution < -0.4 is 5.73 Å². The quantitative estimate of drug-likeness (QED) is 0.553. The molecule has 0 unspecified atom stereocenters. The molecule has 1 aliphatic carbocycles. The fraction of sp³-hybridized carbons (Fsp3) is 0.238. The molecule has 5 rings (SSSR count). The van der Waals surface area contributed by atoms with Crippen molar-refractivity contribution >= 4 is 28.3 Å². The summed E-state index contributed by atoms with van der Waals surface area (Å²) in [5.41, 5.74) is 11.0. The average molecular weight is 391 g/mol. The first-order valence-corrected chi connectivity index (χ1v) is 9.70. The van der Waals surface area contributed by atoms with Crippen LogP contribution in [0.3, 0.4) is 0 Å². The van der Waals surface area contributed by atoms with Gasteiger partial charge >= 0.3 is 0 Å². The largest absolute Gasteiger partial charge is 0.382 e. The van der Waals surface area contributed by atoms with E-state index < -0.39 is 0 Å². The van der Waals surface area contributed by atoms with E-state index in [-0.39, 0.29) is 0 Å². The van der Waals surface area contributed by atoms with Crippen LogP contribution in [0.1, 0.15) is 30.9 Å². The predicted molar refractivity (Wildman–Crippen MR) is 111 cm³/mol. The number of fused-ring (bicyclic) bond motifs is 1. The van der Waals surface area contributed by atoms with E-state index in [1.54, 1.807) is 10.9 Å².